The highest BCUT2D eigenvalue weighted by Gasteiger charge is 2.15. The van der Waals surface area contributed by atoms with Gasteiger partial charge in [-0.3, -0.25) is 9.59 Å². The second kappa shape index (κ2) is 7.52. The summed E-state index contributed by atoms with van der Waals surface area (Å²) in [5, 5.41) is 5.84. The third-order valence-electron chi connectivity index (χ3n) is 3.78. The lowest BCUT2D eigenvalue weighted by atomic mass is 10.2. The Morgan fingerprint density at radius 3 is 2.69 bits per heavy atom. The van der Waals surface area contributed by atoms with Gasteiger partial charge in [-0.25, -0.2) is 4.79 Å². The first-order chi connectivity index (χ1) is 12.6. The molecule has 2 aromatic carbocycles. The molecule has 132 valence electrons. The molecule has 7 heteroatoms. The monoisotopic (exact) mass is 351 g/mol. The van der Waals surface area contributed by atoms with E-state index in [9.17, 15) is 14.4 Å². The van der Waals surface area contributed by atoms with E-state index in [1.54, 1.807) is 30.5 Å². The molecule has 0 saturated heterocycles. The molecule has 2 amide bonds. The lowest BCUT2D eigenvalue weighted by Gasteiger charge is -2.07. The van der Waals surface area contributed by atoms with E-state index in [4.69, 9.17) is 4.74 Å². The molecule has 7 nitrogen and oxygen atoms in total. The van der Waals surface area contributed by atoms with Crippen LogP contribution in [0.5, 0.6) is 0 Å². The van der Waals surface area contributed by atoms with Crippen LogP contribution in [-0.2, 0) is 9.53 Å². The maximum atomic E-state index is 12.2. The van der Waals surface area contributed by atoms with Crippen LogP contribution >= 0.6 is 0 Å². The van der Waals surface area contributed by atoms with Crippen molar-refractivity contribution >= 4 is 34.4 Å². The molecule has 1 aromatic heterocycles. The molecular formula is C19H17N3O4. The van der Waals surface area contributed by atoms with Gasteiger partial charge in [0.25, 0.3) is 11.8 Å². The van der Waals surface area contributed by atoms with Crippen molar-refractivity contribution in [3.63, 3.8) is 0 Å². The third-order valence-corrected chi connectivity index (χ3v) is 3.78. The molecule has 0 radical (unpaired) electrons. The van der Waals surface area contributed by atoms with Crippen LogP contribution in [0.3, 0.4) is 0 Å². The number of aromatic amines is 1. The number of rotatable bonds is 5. The smallest absolute Gasteiger partial charge is 0.340 e. The van der Waals surface area contributed by atoms with Crippen molar-refractivity contribution in [2.45, 2.75) is 0 Å². The van der Waals surface area contributed by atoms with E-state index in [0.717, 1.165) is 10.9 Å². The zero-order valence-electron chi connectivity index (χ0n) is 14.0. The van der Waals surface area contributed by atoms with Crippen molar-refractivity contribution in [1.29, 1.82) is 0 Å². The van der Waals surface area contributed by atoms with E-state index >= 15 is 0 Å². The Morgan fingerprint density at radius 2 is 1.88 bits per heavy atom. The third kappa shape index (κ3) is 3.72. The van der Waals surface area contributed by atoms with Gasteiger partial charge in [0.1, 0.15) is 0 Å². The van der Waals surface area contributed by atoms with Crippen LogP contribution in [0.2, 0.25) is 0 Å². The van der Waals surface area contributed by atoms with Crippen molar-refractivity contribution in [2.75, 3.05) is 19.0 Å². The molecule has 3 N–H and O–H groups in total. The number of benzene rings is 2. The van der Waals surface area contributed by atoms with Crippen LogP contribution in [0.15, 0.2) is 54.7 Å². The van der Waals surface area contributed by atoms with E-state index in [0.29, 0.717) is 16.8 Å². The number of esters is 1. The summed E-state index contributed by atoms with van der Waals surface area (Å²) in [5.41, 5.74) is 2.05. The van der Waals surface area contributed by atoms with Gasteiger partial charge in [-0.15, -0.1) is 0 Å². The zero-order valence-corrected chi connectivity index (χ0v) is 14.0. The number of fused-ring (bicyclic) bond motifs is 1. The average molecular weight is 351 g/mol. The van der Waals surface area contributed by atoms with Crippen LogP contribution in [0.4, 0.5) is 5.69 Å². The Balaban J connectivity index is 1.60. The van der Waals surface area contributed by atoms with Crippen LogP contribution in [0.1, 0.15) is 20.7 Å². The minimum Gasteiger partial charge on any atom is -0.452 e. The number of anilines is 1. The maximum Gasteiger partial charge on any atom is 0.340 e. The highest BCUT2D eigenvalue weighted by molar-refractivity contribution is 6.05. The van der Waals surface area contributed by atoms with Gasteiger partial charge in [0.15, 0.2) is 6.61 Å². The van der Waals surface area contributed by atoms with Gasteiger partial charge in [-0.05, 0) is 24.3 Å². The number of carbonyl (C=O) groups is 3. The van der Waals surface area contributed by atoms with Crippen molar-refractivity contribution in [1.82, 2.24) is 10.3 Å². The molecule has 0 fully saturated rings. The highest BCUT2D eigenvalue weighted by atomic mass is 16.5. The van der Waals surface area contributed by atoms with Gasteiger partial charge in [-0.2, -0.15) is 0 Å². The number of carbonyl (C=O) groups excluding carboxylic acids is 3. The molecule has 0 saturated carbocycles. The molecule has 1 heterocycles. The highest BCUT2D eigenvalue weighted by Crippen LogP contribution is 2.18. The Bertz CT molecular complexity index is 978. The molecule has 0 atom stereocenters. The molecule has 0 unspecified atom stereocenters. The summed E-state index contributed by atoms with van der Waals surface area (Å²) in [4.78, 5) is 38.8. The minimum absolute atomic E-state index is 0.258. The number of hydrogen-bond acceptors (Lipinski definition) is 4. The normalized spacial score (nSPS) is 10.3. The van der Waals surface area contributed by atoms with E-state index in [-0.39, 0.29) is 5.91 Å². The average Bonchev–Trinajstić information content (AvgIpc) is 3.10. The van der Waals surface area contributed by atoms with Crippen LogP contribution in [-0.4, -0.2) is 36.4 Å². The fraction of sp³-hybridized carbons (Fsp3) is 0.105. The quantitative estimate of drug-likeness (QED) is 0.614. The number of para-hydroxylation sites is 1. The van der Waals surface area contributed by atoms with Crippen molar-refractivity contribution in [2.24, 2.45) is 0 Å². The summed E-state index contributed by atoms with van der Waals surface area (Å²) < 4.78 is 5.08. The minimum atomic E-state index is -0.586. The van der Waals surface area contributed by atoms with Gasteiger partial charge in [0, 0.05) is 35.4 Å². The molecule has 3 aromatic rings. The van der Waals surface area contributed by atoms with Crippen molar-refractivity contribution in [3.8, 4) is 0 Å². The maximum absolute atomic E-state index is 12.2. The lowest BCUT2D eigenvalue weighted by molar-refractivity contribution is -0.119. The van der Waals surface area contributed by atoms with Gasteiger partial charge < -0.3 is 20.4 Å². The van der Waals surface area contributed by atoms with Gasteiger partial charge >= 0.3 is 5.97 Å². The van der Waals surface area contributed by atoms with Crippen molar-refractivity contribution in [3.05, 3.63) is 65.9 Å². The number of amides is 2. The number of H-pyrrole nitrogens is 1. The van der Waals surface area contributed by atoms with Crippen LogP contribution < -0.4 is 10.6 Å². The molecular weight excluding hydrogens is 334 g/mol. The van der Waals surface area contributed by atoms with Crippen molar-refractivity contribution < 1.29 is 19.1 Å². The first-order valence-corrected chi connectivity index (χ1v) is 7.93. The molecule has 3 rings (SSSR count). The van der Waals surface area contributed by atoms with Gasteiger partial charge in [0.05, 0.1) is 5.56 Å². The SMILES string of the molecule is CNC(=O)c1cccc(NC(=O)COC(=O)c2c[nH]c3ccccc23)c1. The van der Waals surface area contributed by atoms with Crippen LogP contribution in [0.25, 0.3) is 10.9 Å². The summed E-state index contributed by atoms with van der Waals surface area (Å²) in [6.07, 6.45) is 1.55. The summed E-state index contributed by atoms with van der Waals surface area (Å²) in [6, 6.07) is 13.8. The topological polar surface area (TPSA) is 100 Å². The molecule has 0 spiro atoms. The van der Waals surface area contributed by atoms with E-state index in [1.807, 2.05) is 18.2 Å². The Hall–Kier alpha value is -3.61. The van der Waals surface area contributed by atoms with Gasteiger partial charge in [-0.1, -0.05) is 24.3 Å². The molecule has 0 aliphatic rings. The predicted octanol–water partition coefficient (Wildman–Crippen LogP) is 2.32. The predicted molar refractivity (Wildman–Crippen MR) is 97.0 cm³/mol. The Labute approximate surface area is 149 Å². The number of aromatic nitrogens is 1. The lowest BCUT2D eigenvalue weighted by Crippen LogP contribution is -2.21. The van der Waals surface area contributed by atoms with Crippen LogP contribution in [0, 0.1) is 0 Å². The molecule has 0 bridgehead atoms. The summed E-state index contributed by atoms with van der Waals surface area (Å²) in [5.74, 6) is -1.34. The fourth-order valence-corrected chi connectivity index (χ4v) is 2.53. The number of nitrogens with one attached hydrogen (secondary N) is 3. The summed E-state index contributed by atoms with van der Waals surface area (Å²) >= 11 is 0. The second-order valence-electron chi connectivity index (χ2n) is 5.53. The Kier molecular flexibility index (Phi) is 4.98. The zero-order chi connectivity index (χ0) is 18.5. The first-order valence-electron chi connectivity index (χ1n) is 7.93. The largest absolute Gasteiger partial charge is 0.452 e. The number of hydrogen-bond donors (Lipinski definition) is 3. The van der Waals surface area contributed by atoms with E-state index < -0.39 is 18.5 Å². The van der Waals surface area contributed by atoms with E-state index in [2.05, 4.69) is 15.6 Å². The molecule has 26 heavy (non-hydrogen) atoms. The van der Waals surface area contributed by atoms with E-state index in [1.165, 1.54) is 13.1 Å². The summed E-state index contributed by atoms with van der Waals surface area (Å²) in [7, 11) is 1.53. The second-order valence-corrected chi connectivity index (χ2v) is 5.53. The first kappa shape index (κ1) is 17.2. The van der Waals surface area contributed by atoms with Gasteiger partial charge in [0.2, 0.25) is 0 Å². The Morgan fingerprint density at radius 1 is 1.08 bits per heavy atom. The summed E-state index contributed by atoms with van der Waals surface area (Å²) in [6.45, 7) is -0.428. The number of ether oxygens (including phenoxy) is 1. The fourth-order valence-electron chi connectivity index (χ4n) is 2.53. The standard InChI is InChI=1S/C19H17N3O4/c1-20-18(24)12-5-4-6-13(9-12)22-17(23)11-26-19(25)15-10-21-16-8-3-2-7-14(15)16/h2-10,21H,11H2,1H3,(H,20,24)(H,22,23). The molecule has 0 aliphatic carbocycles. The molecule has 0 aliphatic heterocycles.